The zero-order chi connectivity index (χ0) is 14.8. The number of hydrogen-bond donors (Lipinski definition) is 1. The topological polar surface area (TPSA) is 64.0 Å². The predicted molar refractivity (Wildman–Crippen MR) is 79.9 cm³/mol. The highest BCUT2D eigenvalue weighted by atomic mass is 32.2. The molecule has 0 unspecified atom stereocenters. The summed E-state index contributed by atoms with van der Waals surface area (Å²) < 4.78 is 24.8. The van der Waals surface area contributed by atoms with Crippen LogP contribution in [0.25, 0.3) is 0 Å². The number of imidazole rings is 1. The molecule has 1 aromatic heterocycles. The van der Waals surface area contributed by atoms with E-state index in [4.69, 9.17) is 0 Å². The fourth-order valence-corrected chi connectivity index (χ4v) is 2.52. The van der Waals surface area contributed by atoms with E-state index in [1.807, 2.05) is 10.8 Å². The monoisotopic (exact) mass is 293 g/mol. The summed E-state index contributed by atoms with van der Waals surface area (Å²) in [5.74, 6) is 1.28. The van der Waals surface area contributed by atoms with Crippen LogP contribution in [0.1, 0.15) is 13.8 Å². The van der Waals surface area contributed by atoms with Gasteiger partial charge in [0.25, 0.3) is 0 Å². The molecule has 0 bridgehead atoms. The first kappa shape index (κ1) is 14.6. The van der Waals surface area contributed by atoms with Gasteiger partial charge in [-0.15, -0.1) is 0 Å². The number of sulfone groups is 1. The van der Waals surface area contributed by atoms with Crippen molar-refractivity contribution >= 4 is 21.5 Å². The maximum absolute atomic E-state index is 11.4. The largest absolute Gasteiger partial charge is 0.326 e. The van der Waals surface area contributed by atoms with Gasteiger partial charge in [-0.05, 0) is 30.2 Å². The molecular weight excluding hydrogens is 274 g/mol. The van der Waals surface area contributed by atoms with Crippen LogP contribution in [0.3, 0.4) is 0 Å². The molecule has 0 fully saturated rings. The summed E-state index contributed by atoms with van der Waals surface area (Å²) in [6.45, 7) is 5.17. The van der Waals surface area contributed by atoms with Crippen LogP contribution in [0, 0.1) is 5.92 Å². The quantitative estimate of drug-likeness (QED) is 0.920. The number of hydrogen-bond acceptors (Lipinski definition) is 4. The third-order valence-corrected chi connectivity index (χ3v) is 3.94. The fourth-order valence-electron chi connectivity index (χ4n) is 1.89. The van der Waals surface area contributed by atoms with Gasteiger partial charge in [0.1, 0.15) is 0 Å². The minimum Gasteiger partial charge on any atom is -0.326 e. The van der Waals surface area contributed by atoms with E-state index < -0.39 is 9.84 Å². The van der Waals surface area contributed by atoms with Gasteiger partial charge in [0.15, 0.2) is 9.84 Å². The summed E-state index contributed by atoms with van der Waals surface area (Å²) >= 11 is 0. The molecule has 20 heavy (non-hydrogen) atoms. The molecule has 0 amide bonds. The summed E-state index contributed by atoms with van der Waals surface area (Å²) in [5, 5.41) is 3.19. The molecule has 2 rings (SSSR count). The van der Waals surface area contributed by atoms with Crippen LogP contribution in [-0.4, -0.2) is 24.2 Å². The van der Waals surface area contributed by atoms with E-state index >= 15 is 0 Å². The normalized spacial score (nSPS) is 11.8. The Labute approximate surface area is 119 Å². The highest BCUT2D eigenvalue weighted by Crippen LogP contribution is 2.18. The lowest BCUT2D eigenvalue weighted by Gasteiger charge is -2.12. The van der Waals surface area contributed by atoms with Crippen LogP contribution in [0.2, 0.25) is 0 Å². The van der Waals surface area contributed by atoms with E-state index in [-0.39, 0.29) is 0 Å². The Hall–Kier alpha value is -1.82. The molecule has 0 saturated carbocycles. The molecule has 1 aromatic carbocycles. The molecule has 5 nitrogen and oxygen atoms in total. The standard InChI is InChI=1S/C14H19N3O2S/c1-11(2)10-17-9-8-15-14(17)16-12-4-6-13(7-5-12)20(3,18)19/h4-9,11H,10H2,1-3H3,(H,15,16). The van der Waals surface area contributed by atoms with E-state index in [0.29, 0.717) is 10.8 Å². The maximum atomic E-state index is 11.4. The Morgan fingerprint density at radius 2 is 1.90 bits per heavy atom. The maximum Gasteiger partial charge on any atom is 0.207 e. The van der Waals surface area contributed by atoms with Gasteiger partial charge in [-0.1, -0.05) is 13.8 Å². The Morgan fingerprint density at radius 3 is 2.45 bits per heavy atom. The summed E-state index contributed by atoms with van der Waals surface area (Å²) in [7, 11) is -3.15. The summed E-state index contributed by atoms with van der Waals surface area (Å²) in [5.41, 5.74) is 0.814. The SMILES string of the molecule is CC(C)Cn1ccnc1Nc1ccc(S(C)(=O)=O)cc1. The van der Waals surface area contributed by atoms with E-state index in [1.165, 1.54) is 6.26 Å². The molecular formula is C14H19N3O2S. The number of rotatable bonds is 5. The molecule has 0 aliphatic carbocycles. The Bertz CT molecular complexity index is 673. The molecule has 0 saturated heterocycles. The van der Waals surface area contributed by atoms with Crippen LogP contribution in [0.15, 0.2) is 41.6 Å². The van der Waals surface area contributed by atoms with Gasteiger partial charge >= 0.3 is 0 Å². The molecule has 2 aromatic rings. The summed E-state index contributed by atoms with van der Waals surface area (Å²) in [6, 6.07) is 6.66. The Morgan fingerprint density at radius 1 is 1.25 bits per heavy atom. The van der Waals surface area contributed by atoms with Crippen LogP contribution >= 0.6 is 0 Å². The van der Waals surface area contributed by atoms with Gasteiger partial charge in [0.2, 0.25) is 5.95 Å². The van der Waals surface area contributed by atoms with E-state index in [2.05, 4.69) is 24.1 Å². The highest BCUT2D eigenvalue weighted by Gasteiger charge is 2.08. The molecule has 1 heterocycles. The van der Waals surface area contributed by atoms with Gasteiger partial charge in [0.05, 0.1) is 4.90 Å². The van der Waals surface area contributed by atoms with Crippen molar-refractivity contribution in [3.8, 4) is 0 Å². The van der Waals surface area contributed by atoms with Crippen LogP contribution in [0.5, 0.6) is 0 Å². The first-order chi connectivity index (χ1) is 9.36. The number of nitrogens with zero attached hydrogens (tertiary/aromatic N) is 2. The van der Waals surface area contributed by atoms with Gasteiger partial charge in [0, 0.05) is 30.9 Å². The van der Waals surface area contributed by atoms with Crippen molar-refractivity contribution in [2.45, 2.75) is 25.3 Å². The van der Waals surface area contributed by atoms with E-state index in [1.54, 1.807) is 30.5 Å². The van der Waals surface area contributed by atoms with Crippen molar-refractivity contribution in [3.63, 3.8) is 0 Å². The van der Waals surface area contributed by atoms with E-state index in [9.17, 15) is 8.42 Å². The van der Waals surface area contributed by atoms with Crippen molar-refractivity contribution in [1.82, 2.24) is 9.55 Å². The fraction of sp³-hybridized carbons (Fsp3) is 0.357. The number of benzene rings is 1. The van der Waals surface area contributed by atoms with Crippen molar-refractivity contribution < 1.29 is 8.42 Å². The number of anilines is 2. The van der Waals surface area contributed by atoms with Crippen molar-refractivity contribution in [1.29, 1.82) is 0 Å². The summed E-state index contributed by atoms with van der Waals surface area (Å²) in [4.78, 5) is 4.58. The van der Waals surface area contributed by atoms with E-state index in [0.717, 1.165) is 18.2 Å². The average Bonchev–Trinajstić information content (AvgIpc) is 2.75. The first-order valence-corrected chi connectivity index (χ1v) is 8.33. The second-order valence-electron chi connectivity index (χ2n) is 5.22. The molecule has 108 valence electrons. The second kappa shape index (κ2) is 5.66. The zero-order valence-electron chi connectivity index (χ0n) is 11.9. The van der Waals surface area contributed by atoms with Crippen LogP contribution in [0.4, 0.5) is 11.6 Å². The third-order valence-electron chi connectivity index (χ3n) is 2.82. The molecule has 0 spiro atoms. The molecule has 0 aliphatic heterocycles. The third kappa shape index (κ3) is 3.60. The molecule has 0 radical (unpaired) electrons. The van der Waals surface area contributed by atoms with Gasteiger partial charge in [-0.3, -0.25) is 0 Å². The van der Waals surface area contributed by atoms with Crippen molar-refractivity contribution in [2.75, 3.05) is 11.6 Å². The van der Waals surface area contributed by atoms with Gasteiger partial charge in [-0.2, -0.15) is 0 Å². The smallest absolute Gasteiger partial charge is 0.207 e. The highest BCUT2D eigenvalue weighted by molar-refractivity contribution is 7.90. The Balaban J connectivity index is 2.17. The zero-order valence-corrected chi connectivity index (χ0v) is 12.7. The van der Waals surface area contributed by atoms with Crippen molar-refractivity contribution in [3.05, 3.63) is 36.7 Å². The molecule has 6 heteroatoms. The lowest BCUT2D eigenvalue weighted by Crippen LogP contribution is -2.07. The second-order valence-corrected chi connectivity index (χ2v) is 7.23. The average molecular weight is 293 g/mol. The number of nitrogens with one attached hydrogen (secondary N) is 1. The first-order valence-electron chi connectivity index (χ1n) is 6.44. The Kier molecular flexibility index (Phi) is 4.13. The van der Waals surface area contributed by atoms with Crippen LogP contribution in [-0.2, 0) is 16.4 Å². The predicted octanol–water partition coefficient (Wildman–Crippen LogP) is 2.69. The molecule has 1 N–H and O–H groups in total. The molecule has 0 aliphatic rings. The van der Waals surface area contributed by atoms with Gasteiger partial charge < -0.3 is 9.88 Å². The lowest BCUT2D eigenvalue weighted by atomic mass is 10.2. The van der Waals surface area contributed by atoms with Crippen molar-refractivity contribution in [2.24, 2.45) is 5.92 Å². The summed E-state index contributed by atoms with van der Waals surface area (Å²) in [6.07, 6.45) is 4.87. The number of aromatic nitrogens is 2. The molecule has 0 atom stereocenters. The minimum absolute atomic E-state index is 0.313. The lowest BCUT2D eigenvalue weighted by molar-refractivity contribution is 0.527. The van der Waals surface area contributed by atoms with Crippen LogP contribution < -0.4 is 5.32 Å². The van der Waals surface area contributed by atoms with Gasteiger partial charge in [-0.25, -0.2) is 13.4 Å². The minimum atomic E-state index is -3.15.